The first-order valence-electron chi connectivity index (χ1n) is 16.9. The molecule has 1 amide bonds. The van der Waals surface area contributed by atoms with E-state index in [-0.39, 0.29) is 39.4 Å². The molecule has 0 aliphatic rings. The van der Waals surface area contributed by atoms with Crippen LogP contribution >= 0.6 is 0 Å². The van der Waals surface area contributed by atoms with Gasteiger partial charge in [0.1, 0.15) is 27.8 Å². The number of anilines is 1. The molecule has 0 aliphatic carbocycles. The molecule has 0 spiro atoms. The molecule has 0 fully saturated rings. The molecular weight excluding hydrogens is 735 g/mol. The van der Waals surface area contributed by atoms with E-state index >= 15 is 0 Å². The highest BCUT2D eigenvalue weighted by atomic mass is 32.2. The van der Waals surface area contributed by atoms with Gasteiger partial charge in [0, 0.05) is 28.1 Å². The van der Waals surface area contributed by atoms with Gasteiger partial charge >= 0.3 is 0 Å². The van der Waals surface area contributed by atoms with Crippen LogP contribution in [-0.4, -0.2) is 34.2 Å². The van der Waals surface area contributed by atoms with Gasteiger partial charge in [-0.3, -0.25) is 9.35 Å². The number of hydrogen-bond acceptors (Lipinski definition) is 12. The number of hydrogen-bond donors (Lipinski definition) is 5. The third kappa shape index (κ3) is 8.08. The molecule has 0 bridgehead atoms. The predicted octanol–water partition coefficient (Wildman–Crippen LogP) is 11.5. The van der Waals surface area contributed by atoms with E-state index in [1.54, 1.807) is 91.9 Å². The standard InChI is InChI=1S/C41H31N7O7S/c1-23-18-29(12-17-34(23)45-44-30-10-6-25-4-3-5-39(33(25)21-30)56(53,54)55)43-47-36-22-38(50)37(19-24(36)2)48-46-35-16-9-27-20-28(11-15-32(27)40(35)51)42-41(52)26-7-13-31(49)14-8-26/h3-22,49-51H,1-2H3,(H,42,52)(H,53,54,55). The van der Waals surface area contributed by atoms with Crippen molar-refractivity contribution in [2.24, 2.45) is 30.7 Å². The Morgan fingerprint density at radius 2 is 1.21 bits per heavy atom. The van der Waals surface area contributed by atoms with Gasteiger partial charge in [-0.1, -0.05) is 24.3 Å². The summed E-state index contributed by atoms with van der Waals surface area (Å²) in [6.07, 6.45) is 0. The summed E-state index contributed by atoms with van der Waals surface area (Å²) in [4.78, 5) is 12.4. The zero-order chi connectivity index (χ0) is 39.6. The Balaban J connectivity index is 1.03. The number of carbonyl (C=O) groups excluding carboxylic acids is 1. The number of nitrogens with zero attached hydrogens (tertiary/aromatic N) is 6. The summed E-state index contributed by atoms with van der Waals surface area (Å²) in [5, 5.41) is 61.5. The smallest absolute Gasteiger partial charge is 0.295 e. The predicted molar refractivity (Wildman–Crippen MR) is 212 cm³/mol. The van der Waals surface area contributed by atoms with E-state index in [0.29, 0.717) is 61.1 Å². The highest BCUT2D eigenvalue weighted by molar-refractivity contribution is 7.86. The molecule has 0 atom stereocenters. The molecule has 0 saturated carbocycles. The number of nitrogens with one attached hydrogen (secondary N) is 1. The van der Waals surface area contributed by atoms with Crippen molar-refractivity contribution in [2.45, 2.75) is 18.7 Å². The minimum absolute atomic E-state index is 0.0576. The van der Waals surface area contributed by atoms with E-state index in [0.717, 1.165) is 5.56 Å². The van der Waals surface area contributed by atoms with Crippen molar-refractivity contribution in [1.29, 1.82) is 0 Å². The van der Waals surface area contributed by atoms with E-state index in [9.17, 15) is 33.1 Å². The minimum atomic E-state index is -4.42. The molecule has 7 rings (SSSR count). The van der Waals surface area contributed by atoms with Gasteiger partial charge in [-0.15, -0.1) is 10.2 Å². The fraction of sp³-hybridized carbons (Fsp3) is 0.0488. The Labute approximate surface area is 319 Å². The van der Waals surface area contributed by atoms with E-state index in [1.807, 2.05) is 6.92 Å². The molecule has 0 aromatic heterocycles. The lowest BCUT2D eigenvalue weighted by Gasteiger charge is -2.09. The van der Waals surface area contributed by atoms with Crippen LogP contribution in [0.3, 0.4) is 0 Å². The zero-order valence-corrected chi connectivity index (χ0v) is 30.5. The summed E-state index contributed by atoms with van der Waals surface area (Å²) in [6, 6.07) is 31.9. The Kier molecular flexibility index (Phi) is 10.0. The van der Waals surface area contributed by atoms with Gasteiger partial charge in [0.05, 0.1) is 22.7 Å². The topological polar surface area (TPSA) is 218 Å². The number of phenols is 3. The van der Waals surface area contributed by atoms with Crippen LogP contribution in [0.5, 0.6) is 17.2 Å². The van der Waals surface area contributed by atoms with Crippen LogP contribution < -0.4 is 5.32 Å². The molecule has 15 heteroatoms. The number of carbonyl (C=O) groups is 1. The van der Waals surface area contributed by atoms with Crippen LogP contribution in [0.4, 0.5) is 39.8 Å². The van der Waals surface area contributed by atoms with Crippen molar-refractivity contribution in [2.75, 3.05) is 5.32 Å². The Bertz CT molecular complexity index is 2890. The normalized spacial score (nSPS) is 12.1. The minimum Gasteiger partial charge on any atom is -0.508 e. The van der Waals surface area contributed by atoms with Crippen molar-refractivity contribution in [3.05, 3.63) is 138 Å². The second-order valence-corrected chi connectivity index (χ2v) is 14.1. The van der Waals surface area contributed by atoms with E-state index in [4.69, 9.17) is 0 Å². The van der Waals surface area contributed by atoms with Gasteiger partial charge in [0.15, 0.2) is 5.75 Å². The van der Waals surface area contributed by atoms with Crippen LogP contribution in [0.15, 0.2) is 157 Å². The molecular formula is C41H31N7O7S. The highest BCUT2D eigenvalue weighted by Crippen LogP contribution is 2.40. The fourth-order valence-electron chi connectivity index (χ4n) is 5.80. The maximum atomic E-state index is 12.6. The van der Waals surface area contributed by atoms with E-state index in [2.05, 4.69) is 36.0 Å². The number of aromatic hydroxyl groups is 3. The fourth-order valence-corrected chi connectivity index (χ4v) is 6.50. The van der Waals surface area contributed by atoms with Crippen LogP contribution in [0.1, 0.15) is 21.5 Å². The molecule has 7 aromatic carbocycles. The van der Waals surface area contributed by atoms with Crippen molar-refractivity contribution in [1.82, 2.24) is 0 Å². The Morgan fingerprint density at radius 1 is 0.571 bits per heavy atom. The maximum absolute atomic E-state index is 12.6. The number of fused-ring (bicyclic) bond motifs is 2. The first-order valence-corrected chi connectivity index (χ1v) is 18.3. The average Bonchev–Trinajstić information content (AvgIpc) is 3.17. The SMILES string of the molecule is Cc1cc(N=Nc2cc(O)c(N=Nc3ccc4cc(NC(=O)c5ccc(O)cc5)ccc4c3O)cc2C)ccc1N=Nc1ccc2cccc(S(=O)(=O)O)c2c1. The molecule has 0 saturated heterocycles. The number of amides is 1. The van der Waals surface area contributed by atoms with Crippen LogP contribution in [0, 0.1) is 13.8 Å². The maximum Gasteiger partial charge on any atom is 0.295 e. The monoisotopic (exact) mass is 765 g/mol. The van der Waals surface area contributed by atoms with Gasteiger partial charge in [-0.05, 0) is 127 Å². The van der Waals surface area contributed by atoms with Gasteiger partial charge in [0.25, 0.3) is 16.0 Å². The van der Waals surface area contributed by atoms with Crippen molar-refractivity contribution in [3.8, 4) is 17.2 Å². The molecule has 56 heavy (non-hydrogen) atoms. The summed E-state index contributed by atoms with van der Waals surface area (Å²) >= 11 is 0. The van der Waals surface area contributed by atoms with Crippen molar-refractivity contribution >= 4 is 77.4 Å². The molecule has 0 radical (unpaired) electrons. The second kappa shape index (κ2) is 15.2. The Hall–Kier alpha value is -7.36. The average molecular weight is 766 g/mol. The van der Waals surface area contributed by atoms with Crippen LogP contribution in [-0.2, 0) is 10.1 Å². The highest BCUT2D eigenvalue weighted by Gasteiger charge is 2.15. The van der Waals surface area contributed by atoms with Crippen LogP contribution in [0.25, 0.3) is 21.5 Å². The van der Waals surface area contributed by atoms with E-state index < -0.39 is 10.1 Å². The molecule has 5 N–H and O–H groups in total. The summed E-state index contributed by atoms with van der Waals surface area (Å²) in [5.74, 6) is -0.627. The summed E-state index contributed by atoms with van der Waals surface area (Å²) < 4.78 is 33.3. The van der Waals surface area contributed by atoms with Gasteiger partial charge in [-0.2, -0.15) is 28.9 Å². The molecule has 278 valence electrons. The molecule has 7 aromatic rings. The quantitative estimate of drug-likeness (QED) is 0.0706. The first kappa shape index (κ1) is 37.0. The largest absolute Gasteiger partial charge is 0.508 e. The first-order chi connectivity index (χ1) is 26.8. The van der Waals surface area contributed by atoms with Crippen molar-refractivity contribution in [3.63, 3.8) is 0 Å². The van der Waals surface area contributed by atoms with Gasteiger partial charge in [-0.25, -0.2) is 0 Å². The van der Waals surface area contributed by atoms with Crippen molar-refractivity contribution < 1.29 is 33.1 Å². The number of aryl methyl sites for hydroxylation is 2. The van der Waals surface area contributed by atoms with Gasteiger partial charge in [0.2, 0.25) is 0 Å². The third-order valence-electron chi connectivity index (χ3n) is 8.75. The number of rotatable bonds is 9. The molecule has 0 unspecified atom stereocenters. The molecule has 0 aliphatic heterocycles. The number of phenolic OH excluding ortho intramolecular Hbond substituents is 3. The lowest BCUT2D eigenvalue weighted by Crippen LogP contribution is -2.11. The number of azo groups is 3. The summed E-state index contributed by atoms with van der Waals surface area (Å²) in [6.45, 7) is 3.60. The Morgan fingerprint density at radius 3 is 1.96 bits per heavy atom. The number of benzene rings is 7. The lowest BCUT2D eigenvalue weighted by molar-refractivity contribution is 0.102. The van der Waals surface area contributed by atoms with Crippen LogP contribution in [0.2, 0.25) is 0 Å². The van der Waals surface area contributed by atoms with Gasteiger partial charge < -0.3 is 20.6 Å². The second-order valence-electron chi connectivity index (χ2n) is 12.7. The molecule has 14 nitrogen and oxygen atoms in total. The summed E-state index contributed by atoms with van der Waals surface area (Å²) in [5.41, 5.74) is 4.47. The lowest BCUT2D eigenvalue weighted by atomic mass is 10.1. The zero-order valence-electron chi connectivity index (χ0n) is 29.7. The van der Waals surface area contributed by atoms with E-state index in [1.165, 1.54) is 36.4 Å². The summed E-state index contributed by atoms with van der Waals surface area (Å²) in [7, 11) is -4.42. The third-order valence-corrected chi connectivity index (χ3v) is 9.66. The molecule has 0 heterocycles.